The van der Waals surface area contributed by atoms with E-state index in [1.807, 2.05) is 13.0 Å². The van der Waals surface area contributed by atoms with Gasteiger partial charge in [-0.15, -0.1) is 0 Å². The molecule has 0 aromatic carbocycles. The molecule has 0 saturated carbocycles. The van der Waals surface area contributed by atoms with Gasteiger partial charge >= 0.3 is 36.3 Å². The number of fused-ring (bicyclic) bond motifs is 3. The highest BCUT2D eigenvalue weighted by molar-refractivity contribution is 6.47. The van der Waals surface area contributed by atoms with Gasteiger partial charge in [0.05, 0.1) is 111 Å². The van der Waals surface area contributed by atoms with Gasteiger partial charge in [-0.2, -0.15) is 34.9 Å². The lowest BCUT2D eigenvalue weighted by atomic mass is 9.91. The highest BCUT2D eigenvalue weighted by Gasteiger charge is 2.33. The summed E-state index contributed by atoms with van der Waals surface area (Å²) in [5, 5.41) is 61.8. The number of aromatic nitrogens is 10. The van der Waals surface area contributed by atoms with Crippen molar-refractivity contribution in [1.82, 2.24) is 49.8 Å². The molecule has 9 aliphatic heterocycles. The first-order valence-corrected chi connectivity index (χ1v) is 40.8. The molecule has 5 atom stereocenters. The number of aliphatic hydroxyl groups is 1. The number of carbonyl (C=O) groups is 4. The monoisotopic (exact) mass is 1760 g/mol. The molecule has 5 aromatic rings. The van der Waals surface area contributed by atoms with Gasteiger partial charge in [0.25, 0.3) is 0 Å². The van der Waals surface area contributed by atoms with Crippen LogP contribution in [0.25, 0.3) is 6.08 Å². The van der Waals surface area contributed by atoms with Crippen LogP contribution in [-0.2, 0) is 82.8 Å². The van der Waals surface area contributed by atoms with E-state index in [0.29, 0.717) is 93.3 Å². The third-order valence-corrected chi connectivity index (χ3v) is 18.6. The van der Waals surface area contributed by atoms with Crippen LogP contribution in [-0.4, -0.2) is 271 Å². The van der Waals surface area contributed by atoms with Crippen molar-refractivity contribution < 1.29 is 101 Å². The van der Waals surface area contributed by atoms with E-state index in [1.54, 1.807) is 6.08 Å². The average molecular weight is 1760 g/mol. The van der Waals surface area contributed by atoms with Crippen molar-refractivity contribution in [3.05, 3.63) is 87.7 Å². The van der Waals surface area contributed by atoms with E-state index < -0.39 is 53.7 Å². The van der Waals surface area contributed by atoms with E-state index in [9.17, 15) is 39.4 Å². The molecule has 0 spiro atoms. The Balaban J connectivity index is 0.000000220. The normalized spacial score (nSPS) is 18.8. The number of nitrogens with one attached hydrogen (secondary N) is 5. The maximum atomic E-state index is 11.7. The summed E-state index contributed by atoms with van der Waals surface area (Å²) in [5.41, 5.74) is 1.72. The number of nitrogens with zero attached hydrogens (tertiary/aromatic N) is 12. The van der Waals surface area contributed by atoms with Crippen LogP contribution in [0.2, 0.25) is 21.0 Å². The number of hydrogen-bond donors (Lipinski definition) is 8. The van der Waals surface area contributed by atoms with Gasteiger partial charge in [0, 0.05) is 73.9 Å². The molecule has 14 heterocycles. The third kappa shape index (κ3) is 35.3. The number of halogens is 4. The van der Waals surface area contributed by atoms with Gasteiger partial charge in [0.2, 0.25) is 50.3 Å². The molecule has 6 saturated heterocycles. The molecule has 6 fully saturated rings. The van der Waals surface area contributed by atoms with Gasteiger partial charge in [-0.3, -0.25) is 29.8 Å². The molecule has 5 unspecified atom stereocenters. The lowest BCUT2D eigenvalue weighted by Gasteiger charge is -2.22. The molecule has 14 rings (SSSR count). The molecule has 0 amide bonds. The maximum Gasteiger partial charge on any atom is 0.480 e. The molecule has 0 aliphatic carbocycles. The summed E-state index contributed by atoms with van der Waals surface area (Å²) >= 11 is 22.9. The Labute approximate surface area is 716 Å². The van der Waals surface area contributed by atoms with Crippen molar-refractivity contribution in [2.75, 3.05) is 153 Å². The second-order valence-electron chi connectivity index (χ2n) is 27.3. The highest BCUT2D eigenvalue weighted by Crippen LogP contribution is 2.37. The summed E-state index contributed by atoms with van der Waals surface area (Å²) in [5.74, 6) is 5.14. The van der Waals surface area contributed by atoms with Crippen molar-refractivity contribution in [2.45, 2.75) is 173 Å². The molecule has 9 aliphatic rings. The SMILES string of the molecule is C1CCOC1.CCC/C=C/B(O)O.CCC/C=C/c1nc(NC2CCOC2)c2c(n1)OCC(=O)C2.CCCCCc1nc(NC2CCOC2)c2c(n1)OCCC2.COC(=O)CO.COC(=O)COc1nc(Cl)nc(NC2CCOC2)c1[N+](=O)[O-].O=C1COc2nc(Cl)nc(NC3CCOC3)c2C1.O=[N+]([O-])c1c(Cl)nc(Cl)nc1NC1CCOC1.[B]. The zero-order chi connectivity index (χ0) is 85.9. The van der Waals surface area contributed by atoms with Crippen molar-refractivity contribution in [3.63, 3.8) is 0 Å². The first-order chi connectivity index (χ1) is 57.5. The van der Waals surface area contributed by atoms with Crippen LogP contribution in [0.4, 0.5) is 40.5 Å². The Hall–Kier alpha value is -8.91. The van der Waals surface area contributed by atoms with Gasteiger partial charge in [-0.05, 0) is 118 Å². The Morgan fingerprint density at radius 1 is 0.525 bits per heavy atom. The Morgan fingerprint density at radius 2 is 0.983 bits per heavy atom. The molecular weight excluding hydrogens is 1660 g/mol. The van der Waals surface area contributed by atoms with Crippen LogP contribution in [0.1, 0.15) is 145 Å². The van der Waals surface area contributed by atoms with Crippen molar-refractivity contribution in [3.8, 4) is 23.5 Å². The van der Waals surface area contributed by atoms with Crippen LogP contribution in [0.15, 0.2) is 18.1 Å². The number of ether oxygens (including phenoxy) is 12. The number of Topliss-reactive ketones (excluding diaryl/α,β-unsaturated/α-hetero) is 2. The minimum absolute atomic E-state index is 0. The fourth-order valence-electron chi connectivity index (χ4n) is 11.8. The van der Waals surface area contributed by atoms with Crippen LogP contribution >= 0.6 is 46.4 Å². The Bertz CT molecular complexity index is 4100. The van der Waals surface area contributed by atoms with Gasteiger partial charge in [-0.1, -0.05) is 76.2 Å². The number of allylic oxidation sites excluding steroid dienone is 2. The molecule has 8 N–H and O–H groups in total. The average Bonchev–Trinajstić information content (AvgIpc) is 0.948. The lowest BCUT2D eigenvalue weighted by molar-refractivity contribution is -0.385. The number of hydrogen-bond acceptors (Lipinski definition) is 38. The van der Waals surface area contributed by atoms with Crippen molar-refractivity contribution in [1.29, 1.82) is 0 Å². The topological polar surface area (TPSA) is 515 Å². The summed E-state index contributed by atoms with van der Waals surface area (Å²) in [6.45, 7) is 14.6. The maximum absolute atomic E-state index is 11.7. The fraction of sp³-hybridized carbons (Fsp3) is 0.622. The second kappa shape index (κ2) is 55.2. The van der Waals surface area contributed by atoms with E-state index in [4.69, 9.17) is 114 Å². The lowest BCUT2D eigenvalue weighted by Crippen LogP contribution is -2.26. The second-order valence-corrected chi connectivity index (χ2v) is 28.7. The quantitative estimate of drug-likeness (QED) is 0.00492. The van der Waals surface area contributed by atoms with E-state index in [0.717, 1.165) is 152 Å². The molecule has 0 bridgehead atoms. The number of nitro groups is 2. The number of methoxy groups -OCH3 is 2. The smallest absolute Gasteiger partial charge is 0.477 e. The van der Waals surface area contributed by atoms with E-state index >= 15 is 0 Å². The standard InChI is InChI=1S/C16H21N3O3.C16H25N3O2.C11H13ClN4O6.C11H12ClN3O3.C8H8Cl2N4O3.C5H11BO2.C4H8O.C3H6O3.B/c1-2-3-4-5-14-18-15(17-11-6-7-21-9-11)13-8-12(20)10-22-16(13)19-14;1-2-3-4-7-14-18-15(17-12-8-10-20-11-12)13-6-5-9-21-16(13)19-14;1-20-7(17)5-22-10-8(16(18)19)9(14-11(12)15-10)13-6-2-3-21-4-6;12-11-14-9(13-6-1-2-17-4-6)8-3-7(16)5-18-10(8)15-11;9-6-5(14(15)16)7(13-8(10)12-6)11-4-1-2-17-3-4;1-2-3-4-5-6(7)8;1-2-4-5-3-1;1-6-3(5)2-4;/h4-5,11H,2-3,6-10H2,1H3,(H,17,18,19);12H,2-11H2,1H3,(H,17,18,19);6H,2-5H2,1H3,(H,13,14,15);6H,1-5H2,(H,13,14,15);4H,1-3H2,(H,11,12,13);4-5,7-8H,2-3H2,1H3;1-4H2;4H,2H2,1H3;/b5-4+;;;;;5-4+;;;. The van der Waals surface area contributed by atoms with Crippen LogP contribution < -0.4 is 45.5 Å². The Kier molecular flexibility index (Phi) is 45.9. The fourth-order valence-corrected chi connectivity index (χ4v) is 12.5. The summed E-state index contributed by atoms with van der Waals surface area (Å²) in [4.78, 5) is 106. The molecule has 120 heavy (non-hydrogen) atoms. The third-order valence-electron chi connectivity index (χ3n) is 17.8. The van der Waals surface area contributed by atoms with Gasteiger partial charge < -0.3 is 98.6 Å². The van der Waals surface area contributed by atoms with Crippen LogP contribution in [0, 0.1) is 20.2 Å². The van der Waals surface area contributed by atoms with E-state index in [-0.39, 0.29) is 102 Å². The first-order valence-electron chi connectivity index (χ1n) is 39.3. The summed E-state index contributed by atoms with van der Waals surface area (Å²) in [6, 6.07) is 0.629. The summed E-state index contributed by atoms with van der Waals surface area (Å²) < 4.78 is 61.3. The molecule has 5 aromatic heterocycles. The predicted octanol–water partition coefficient (Wildman–Crippen LogP) is 8.17. The largest absolute Gasteiger partial charge is 0.480 e. The minimum Gasteiger partial charge on any atom is -0.477 e. The van der Waals surface area contributed by atoms with Crippen molar-refractivity contribution in [2.24, 2.45) is 0 Å². The minimum atomic E-state index is -1.28. The predicted molar refractivity (Wildman–Crippen MR) is 444 cm³/mol. The number of aliphatic hydroxyl groups excluding tert-OH is 1. The first kappa shape index (κ1) is 99.9. The molecule has 46 heteroatoms. The van der Waals surface area contributed by atoms with Crippen LogP contribution in [0.3, 0.4) is 0 Å². The molecule has 40 nitrogen and oxygen atoms in total. The molecular formula is C74H104B2Cl4N17O23. The summed E-state index contributed by atoms with van der Waals surface area (Å²) in [6.07, 6.45) is 23.8. The number of carbonyl (C=O) groups excluding carboxylic acids is 4. The van der Waals surface area contributed by atoms with Gasteiger partial charge in [0.1, 0.15) is 43.1 Å². The van der Waals surface area contributed by atoms with Crippen molar-refractivity contribution >= 4 is 132 Å². The molecule has 657 valence electrons. The molecule has 3 radical (unpaired) electrons. The zero-order valence-electron chi connectivity index (χ0n) is 67.7. The number of ketones is 2. The highest BCUT2D eigenvalue weighted by atomic mass is 35.5. The number of anilines is 5. The van der Waals surface area contributed by atoms with Gasteiger partial charge in [-0.25, -0.2) is 24.5 Å². The van der Waals surface area contributed by atoms with E-state index in [2.05, 4.69) is 101 Å². The number of esters is 2. The number of unbranched alkanes of at least 4 members (excludes halogenated alkanes) is 4. The number of rotatable bonds is 26. The zero-order valence-corrected chi connectivity index (χ0v) is 70.7. The Morgan fingerprint density at radius 3 is 1.43 bits per heavy atom. The van der Waals surface area contributed by atoms with Gasteiger partial charge in [0.15, 0.2) is 24.0 Å². The van der Waals surface area contributed by atoms with E-state index in [1.165, 1.54) is 45.9 Å². The number of aryl methyl sites for hydroxylation is 1. The van der Waals surface area contributed by atoms with Crippen LogP contribution in [0.5, 0.6) is 23.5 Å². The summed E-state index contributed by atoms with van der Waals surface area (Å²) in [7, 11) is 1.11.